The van der Waals surface area contributed by atoms with E-state index in [1.54, 1.807) is 6.07 Å². The van der Waals surface area contributed by atoms with Gasteiger partial charge in [0.05, 0.1) is 15.5 Å². The number of rotatable bonds is 4. The van der Waals surface area contributed by atoms with Crippen molar-refractivity contribution in [1.82, 2.24) is 0 Å². The fourth-order valence-corrected chi connectivity index (χ4v) is 4.39. The second-order valence-corrected chi connectivity index (χ2v) is 7.55. The Labute approximate surface area is 179 Å². The van der Waals surface area contributed by atoms with Crippen LogP contribution in [-0.2, 0) is 5.41 Å². The van der Waals surface area contributed by atoms with Crippen LogP contribution in [0.5, 0.6) is 11.5 Å². The summed E-state index contributed by atoms with van der Waals surface area (Å²) >= 11 is 12.9. The molecule has 4 heteroatoms. The van der Waals surface area contributed by atoms with E-state index in [0.29, 0.717) is 5.56 Å². The van der Waals surface area contributed by atoms with Crippen LogP contribution in [0, 0.1) is 0 Å². The molecule has 0 fully saturated rings. The van der Waals surface area contributed by atoms with E-state index in [1.807, 2.05) is 91.0 Å². The summed E-state index contributed by atoms with van der Waals surface area (Å²) in [5, 5.41) is 20.7. The molecule has 0 aliphatic carbocycles. The van der Waals surface area contributed by atoms with Crippen molar-refractivity contribution in [3.05, 3.63) is 129 Å². The molecule has 29 heavy (non-hydrogen) atoms. The van der Waals surface area contributed by atoms with Crippen LogP contribution in [-0.4, -0.2) is 10.2 Å². The van der Waals surface area contributed by atoms with Gasteiger partial charge in [0, 0.05) is 0 Å². The predicted molar refractivity (Wildman–Crippen MR) is 118 cm³/mol. The van der Waals surface area contributed by atoms with Gasteiger partial charge in [-0.1, -0.05) is 114 Å². The van der Waals surface area contributed by atoms with Crippen LogP contribution in [0.1, 0.15) is 22.3 Å². The summed E-state index contributed by atoms with van der Waals surface area (Å²) in [6.45, 7) is 0. The van der Waals surface area contributed by atoms with Crippen LogP contribution in [0.3, 0.4) is 0 Å². The highest BCUT2D eigenvalue weighted by Crippen LogP contribution is 2.52. The number of benzene rings is 4. The number of phenols is 2. The second-order valence-electron chi connectivity index (χ2n) is 6.77. The number of halogens is 2. The van der Waals surface area contributed by atoms with Crippen LogP contribution in [0.4, 0.5) is 0 Å². The first-order valence-corrected chi connectivity index (χ1v) is 9.89. The van der Waals surface area contributed by atoms with Crippen LogP contribution < -0.4 is 0 Å². The summed E-state index contributed by atoms with van der Waals surface area (Å²) in [6, 6.07) is 31.4. The van der Waals surface area contributed by atoms with Crippen molar-refractivity contribution in [3.63, 3.8) is 0 Å². The standard InChI is InChI=1S/C25H18Cl2O2/c26-21-16-20(22(27)24(29)23(21)28)25(17-10-4-1-5-11-17,18-12-6-2-7-13-18)19-14-8-3-9-15-19/h1-16,28-29H. The lowest BCUT2D eigenvalue weighted by Gasteiger charge is -2.37. The Bertz CT molecular complexity index is 1030. The van der Waals surface area contributed by atoms with Gasteiger partial charge in [-0.15, -0.1) is 0 Å². The lowest BCUT2D eigenvalue weighted by Crippen LogP contribution is -2.31. The van der Waals surface area contributed by atoms with Crippen molar-refractivity contribution in [2.45, 2.75) is 5.41 Å². The lowest BCUT2D eigenvalue weighted by molar-refractivity contribution is 0.403. The first kappa shape index (κ1) is 19.4. The number of phenolic OH excluding ortho intramolecular Hbond substituents is 2. The molecule has 0 radical (unpaired) electrons. The predicted octanol–water partition coefficient (Wildman–Crippen LogP) is 6.79. The van der Waals surface area contributed by atoms with E-state index < -0.39 is 16.9 Å². The summed E-state index contributed by atoms with van der Waals surface area (Å²) in [5.74, 6) is -0.857. The summed E-state index contributed by atoms with van der Waals surface area (Å²) in [4.78, 5) is 0. The van der Waals surface area contributed by atoms with Gasteiger partial charge in [0.15, 0.2) is 11.5 Å². The largest absolute Gasteiger partial charge is 0.503 e. The molecule has 0 atom stereocenters. The number of hydrogen-bond acceptors (Lipinski definition) is 2. The van der Waals surface area contributed by atoms with Crippen molar-refractivity contribution >= 4 is 23.2 Å². The molecule has 0 aromatic heterocycles. The molecular formula is C25H18Cl2O2. The average Bonchev–Trinajstić information content (AvgIpc) is 2.78. The molecule has 0 spiro atoms. The maximum absolute atomic E-state index is 10.5. The zero-order valence-corrected chi connectivity index (χ0v) is 16.9. The highest BCUT2D eigenvalue weighted by atomic mass is 35.5. The fourth-order valence-electron chi connectivity index (χ4n) is 3.91. The third-order valence-corrected chi connectivity index (χ3v) is 5.86. The summed E-state index contributed by atoms with van der Waals surface area (Å²) < 4.78 is 0. The van der Waals surface area contributed by atoms with Gasteiger partial charge in [-0.25, -0.2) is 0 Å². The molecule has 4 aromatic rings. The molecule has 0 unspecified atom stereocenters. The van der Waals surface area contributed by atoms with Crippen molar-refractivity contribution < 1.29 is 10.2 Å². The van der Waals surface area contributed by atoms with Crippen molar-refractivity contribution in [2.75, 3.05) is 0 Å². The topological polar surface area (TPSA) is 40.5 Å². The molecule has 0 amide bonds. The smallest absolute Gasteiger partial charge is 0.178 e. The van der Waals surface area contributed by atoms with E-state index in [1.165, 1.54) is 0 Å². The van der Waals surface area contributed by atoms with Crippen LogP contribution in [0.2, 0.25) is 10.0 Å². The Balaban J connectivity index is 2.22. The monoisotopic (exact) mass is 420 g/mol. The lowest BCUT2D eigenvalue weighted by atomic mass is 9.65. The third kappa shape index (κ3) is 3.15. The highest BCUT2D eigenvalue weighted by Gasteiger charge is 2.41. The van der Waals surface area contributed by atoms with E-state index in [2.05, 4.69) is 0 Å². The molecule has 4 rings (SSSR count). The van der Waals surface area contributed by atoms with Crippen LogP contribution in [0.15, 0.2) is 97.1 Å². The Morgan fingerprint density at radius 2 is 0.931 bits per heavy atom. The zero-order chi connectivity index (χ0) is 20.4. The third-order valence-electron chi connectivity index (χ3n) is 5.19. The van der Waals surface area contributed by atoms with Gasteiger partial charge in [-0.3, -0.25) is 0 Å². The van der Waals surface area contributed by atoms with Crippen LogP contribution >= 0.6 is 23.2 Å². The van der Waals surface area contributed by atoms with E-state index in [9.17, 15) is 10.2 Å². The van der Waals surface area contributed by atoms with Crippen molar-refractivity contribution in [3.8, 4) is 11.5 Å². The van der Waals surface area contributed by atoms with Gasteiger partial charge in [0.1, 0.15) is 0 Å². The molecule has 4 aromatic carbocycles. The Morgan fingerprint density at radius 1 is 0.552 bits per heavy atom. The zero-order valence-electron chi connectivity index (χ0n) is 15.4. The quantitative estimate of drug-likeness (QED) is 0.281. The van der Waals surface area contributed by atoms with E-state index >= 15 is 0 Å². The first-order valence-electron chi connectivity index (χ1n) is 9.13. The normalized spacial score (nSPS) is 11.4. The molecule has 0 bridgehead atoms. The van der Waals surface area contributed by atoms with E-state index in [4.69, 9.17) is 23.2 Å². The fraction of sp³-hybridized carbons (Fsp3) is 0.0400. The van der Waals surface area contributed by atoms with Gasteiger partial charge >= 0.3 is 0 Å². The highest BCUT2D eigenvalue weighted by molar-refractivity contribution is 6.36. The van der Waals surface area contributed by atoms with Crippen molar-refractivity contribution in [2.24, 2.45) is 0 Å². The average molecular weight is 421 g/mol. The molecule has 2 N–H and O–H groups in total. The van der Waals surface area contributed by atoms with E-state index in [0.717, 1.165) is 16.7 Å². The number of aromatic hydroxyl groups is 2. The van der Waals surface area contributed by atoms with Gasteiger partial charge in [0.25, 0.3) is 0 Å². The molecule has 0 saturated carbocycles. The summed E-state index contributed by atoms with van der Waals surface area (Å²) in [5.41, 5.74) is 2.61. The maximum Gasteiger partial charge on any atom is 0.178 e. The Morgan fingerprint density at radius 3 is 1.31 bits per heavy atom. The first-order chi connectivity index (χ1) is 14.1. The molecule has 0 aliphatic rings. The Kier molecular flexibility index (Phi) is 5.23. The SMILES string of the molecule is Oc1c(Cl)cc(C(c2ccccc2)(c2ccccc2)c2ccccc2)c(Cl)c1O. The number of hydrogen-bond donors (Lipinski definition) is 2. The Hall–Kier alpha value is -2.94. The molecule has 2 nitrogen and oxygen atoms in total. The summed E-state index contributed by atoms with van der Waals surface area (Å²) in [6.07, 6.45) is 0. The van der Waals surface area contributed by atoms with E-state index in [-0.39, 0.29) is 10.0 Å². The molecular weight excluding hydrogens is 403 g/mol. The molecule has 144 valence electrons. The van der Waals surface area contributed by atoms with Crippen molar-refractivity contribution in [1.29, 1.82) is 0 Å². The minimum Gasteiger partial charge on any atom is -0.503 e. The molecule has 0 aliphatic heterocycles. The van der Waals surface area contributed by atoms with Crippen LogP contribution in [0.25, 0.3) is 0 Å². The van der Waals surface area contributed by atoms with Gasteiger partial charge < -0.3 is 10.2 Å². The van der Waals surface area contributed by atoms with Gasteiger partial charge in [0.2, 0.25) is 0 Å². The maximum atomic E-state index is 10.5. The molecule has 0 heterocycles. The minimum atomic E-state index is -0.852. The second kappa shape index (κ2) is 7.82. The molecule has 0 saturated heterocycles. The van der Waals surface area contributed by atoms with Gasteiger partial charge in [-0.05, 0) is 28.3 Å². The van der Waals surface area contributed by atoms with Gasteiger partial charge in [-0.2, -0.15) is 0 Å². The minimum absolute atomic E-state index is 0.0362. The summed E-state index contributed by atoms with van der Waals surface area (Å²) in [7, 11) is 0.